The van der Waals surface area contributed by atoms with Crippen molar-refractivity contribution in [2.75, 3.05) is 33.4 Å². The fraction of sp³-hybridized carbons (Fsp3) is 0.600. The van der Waals surface area contributed by atoms with Gasteiger partial charge in [0, 0.05) is 50.9 Å². The lowest BCUT2D eigenvalue weighted by Gasteiger charge is -2.44. The first-order chi connectivity index (χ1) is 12.6. The van der Waals surface area contributed by atoms with Crippen molar-refractivity contribution >= 4 is 11.4 Å². The first-order valence-electron chi connectivity index (χ1n) is 9.61. The average molecular weight is 356 g/mol. The van der Waals surface area contributed by atoms with E-state index in [1.165, 1.54) is 12.8 Å². The second kappa shape index (κ2) is 7.00. The van der Waals surface area contributed by atoms with Crippen molar-refractivity contribution in [3.63, 3.8) is 0 Å². The normalized spacial score (nSPS) is 24.3. The summed E-state index contributed by atoms with van der Waals surface area (Å²) in [5, 5.41) is 0. The summed E-state index contributed by atoms with van der Waals surface area (Å²) in [6.45, 7) is 7.47. The van der Waals surface area contributed by atoms with Crippen molar-refractivity contribution in [2.45, 2.75) is 44.7 Å². The number of hydrogen-bond donors (Lipinski definition) is 0. The molecule has 0 radical (unpaired) electrons. The lowest BCUT2D eigenvalue weighted by molar-refractivity contribution is 0.0191. The molecule has 2 aromatic rings. The lowest BCUT2D eigenvalue weighted by atomic mass is 10.1. The Bertz CT molecular complexity index is 786. The second-order valence-corrected chi connectivity index (χ2v) is 7.69. The van der Waals surface area contributed by atoms with Gasteiger partial charge < -0.3 is 14.0 Å². The molecule has 3 heterocycles. The van der Waals surface area contributed by atoms with E-state index in [-0.39, 0.29) is 5.91 Å². The summed E-state index contributed by atoms with van der Waals surface area (Å²) >= 11 is 0. The van der Waals surface area contributed by atoms with Gasteiger partial charge in [0.15, 0.2) is 5.69 Å². The Labute approximate surface area is 154 Å². The molecule has 4 rings (SSSR count). The Morgan fingerprint density at radius 2 is 1.96 bits per heavy atom. The molecule has 2 aromatic heterocycles. The molecule has 2 atom stereocenters. The van der Waals surface area contributed by atoms with Gasteiger partial charge >= 0.3 is 0 Å². The zero-order chi connectivity index (χ0) is 18.3. The summed E-state index contributed by atoms with van der Waals surface area (Å²) < 4.78 is 7.33. The highest BCUT2D eigenvalue weighted by Crippen LogP contribution is 2.40. The van der Waals surface area contributed by atoms with Crippen LogP contribution in [-0.4, -0.2) is 70.5 Å². The number of amides is 1. The van der Waals surface area contributed by atoms with Crippen LogP contribution in [0.15, 0.2) is 24.4 Å². The summed E-state index contributed by atoms with van der Waals surface area (Å²) in [4.78, 5) is 22.5. The van der Waals surface area contributed by atoms with Gasteiger partial charge in [-0.05, 0) is 38.8 Å². The van der Waals surface area contributed by atoms with Gasteiger partial charge in [0.05, 0.1) is 12.1 Å². The quantitative estimate of drug-likeness (QED) is 0.825. The monoisotopic (exact) mass is 356 g/mol. The maximum atomic E-state index is 13.3. The van der Waals surface area contributed by atoms with E-state index in [0.717, 1.165) is 37.6 Å². The van der Waals surface area contributed by atoms with E-state index in [1.54, 1.807) is 7.11 Å². The minimum absolute atomic E-state index is 0.0608. The van der Waals surface area contributed by atoms with Crippen molar-refractivity contribution in [3.8, 4) is 0 Å². The number of methoxy groups -OCH3 is 1. The molecule has 0 spiro atoms. The number of imidazole rings is 1. The molecule has 6 nitrogen and oxygen atoms in total. The zero-order valence-corrected chi connectivity index (χ0v) is 15.9. The molecule has 2 aliphatic rings. The van der Waals surface area contributed by atoms with Crippen LogP contribution in [0.1, 0.15) is 48.9 Å². The smallest absolute Gasteiger partial charge is 0.274 e. The number of carbonyl (C=O) groups is 1. The van der Waals surface area contributed by atoms with Crippen LogP contribution in [0.5, 0.6) is 0 Å². The Kier molecular flexibility index (Phi) is 4.71. The van der Waals surface area contributed by atoms with E-state index < -0.39 is 0 Å². The van der Waals surface area contributed by atoms with Crippen LogP contribution in [0.4, 0.5) is 0 Å². The summed E-state index contributed by atoms with van der Waals surface area (Å²) in [6, 6.07) is 6.63. The highest BCUT2D eigenvalue weighted by Gasteiger charge is 2.35. The molecule has 6 heteroatoms. The number of pyridine rings is 1. The Morgan fingerprint density at radius 3 is 2.62 bits per heavy atom. The predicted octanol–water partition coefficient (Wildman–Crippen LogP) is 2.39. The van der Waals surface area contributed by atoms with Gasteiger partial charge in [0.1, 0.15) is 5.82 Å². The number of rotatable bonds is 5. The number of ether oxygens (including phenoxy) is 1. The SMILES string of the molecule is COCCN1C(C)CN(C(=O)c2nc(C3CC3)n3ccccc23)CC1C. The van der Waals surface area contributed by atoms with E-state index in [9.17, 15) is 4.79 Å². The number of piperazine rings is 1. The fourth-order valence-corrected chi connectivity index (χ4v) is 4.16. The van der Waals surface area contributed by atoms with Crippen molar-refractivity contribution < 1.29 is 9.53 Å². The molecule has 1 saturated carbocycles. The zero-order valence-electron chi connectivity index (χ0n) is 15.9. The standard InChI is InChI=1S/C20H28N4O2/c1-14-12-22(13-15(2)23(14)10-11-26-3)20(25)18-17-6-4-5-9-24(17)19(21-18)16-7-8-16/h4-6,9,14-16H,7-8,10-13H2,1-3H3. The van der Waals surface area contributed by atoms with Gasteiger partial charge in [-0.2, -0.15) is 0 Å². The predicted molar refractivity (Wildman–Crippen MR) is 101 cm³/mol. The molecule has 1 amide bonds. The molecule has 0 bridgehead atoms. The van der Waals surface area contributed by atoms with Crippen LogP contribution in [-0.2, 0) is 4.74 Å². The van der Waals surface area contributed by atoms with E-state index in [0.29, 0.717) is 23.7 Å². The number of carbonyl (C=O) groups excluding carboxylic acids is 1. The first kappa shape index (κ1) is 17.5. The van der Waals surface area contributed by atoms with E-state index in [1.807, 2.05) is 29.3 Å². The topological polar surface area (TPSA) is 50.1 Å². The molecule has 1 saturated heterocycles. The van der Waals surface area contributed by atoms with E-state index in [2.05, 4.69) is 23.1 Å². The summed E-state index contributed by atoms with van der Waals surface area (Å²) in [7, 11) is 1.73. The second-order valence-electron chi connectivity index (χ2n) is 7.69. The molecule has 1 aliphatic heterocycles. The highest BCUT2D eigenvalue weighted by atomic mass is 16.5. The molecule has 2 unspecified atom stereocenters. The number of fused-ring (bicyclic) bond motifs is 1. The minimum Gasteiger partial charge on any atom is -0.383 e. The van der Waals surface area contributed by atoms with Gasteiger partial charge in [-0.3, -0.25) is 9.69 Å². The number of aromatic nitrogens is 2. The van der Waals surface area contributed by atoms with Crippen molar-refractivity contribution in [1.82, 2.24) is 19.2 Å². The van der Waals surface area contributed by atoms with Crippen LogP contribution >= 0.6 is 0 Å². The van der Waals surface area contributed by atoms with Gasteiger partial charge in [0.25, 0.3) is 5.91 Å². The lowest BCUT2D eigenvalue weighted by Crippen LogP contribution is -2.58. The number of hydrogen-bond acceptors (Lipinski definition) is 4. The molecule has 0 N–H and O–H groups in total. The molecule has 1 aliphatic carbocycles. The average Bonchev–Trinajstić information content (AvgIpc) is 3.41. The fourth-order valence-electron chi connectivity index (χ4n) is 4.16. The first-order valence-corrected chi connectivity index (χ1v) is 9.61. The van der Waals surface area contributed by atoms with Crippen LogP contribution in [0.3, 0.4) is 0 Å². The van der Waals surface area contributed by atoms with Gasteiger partial charge in [0.2, 0.25) is 0 Å². The Hall–Kier alpha value is -1.92. The van der Waals surface area contributed by atoms with Crippen LogP contribution in [0.2, 0.25) is 0 Å². The third-order valence-corrected chi connectivity index (χ3v) is 5.66. The third-order valence-electron chi connectivity index (χ3n) is 5.66. The van der Waals surface area contributed by atoms with Crippen molar-refractivity contribution in [1.29, 1.82) is 0 Å². The highest BCUT2D eigenvalue weighted by molar-refractivity contribution is 5.99. The largest absolute Gasteiger partial charge is 0.383 e. The molecule has 2 fully saturated rings. The minimum atomic E-state index is 0.0608. The van der Waals surface area contributed by atoms with Gasteiger partial charge in [-0.25, -0.2) is 4.98 Å². The molecular weight excluding hydrogens is 328 g/mol. The number of nitrogens with zero attached hydrogens (tertiary/aromatic N) is 4. The maximum Gasteiger partial charge on any atom is 0.274 e. The Morgan fingerprint density at radius 1 is 1.23 bits per heavy atom. The van der Waals surface area contributed by atoms with Gasteiger partial charge in [-0.1, -0.05) is 6.07 Å². The molecule has 0 aromatic carbocycles. The van der Waals surface area contributed by atoms with Gasteiger partial charge in [-0.15, -0.1) is 0 Å². The maximum absolute atomic E-state index is 13.3. The van der Waals surface area contributed by atoms with Crippen LogP contribution in [0.25, 0.3) is 5.52 Å². The van der Waals surface area contributed by atoms with E-state index >= 15 is 0 Å². The van der Waals surface area contributed by atoms with Crippen LogP contribution in [0, 0.1) is 0 Å². The Balaban J connectivity index is 1.58. The van der Waals surface area contributed by atoms with Crippen LogP contribution < -0.4 is 0 Å². The molecular formula is C20H28N4O2. The summed E-state index contributed by atoms with van der Waals surface area (Å²) in [5.74, 6) is 1.62. The molecule has 26 heavy (non-hydrogen) atoms. The third kappa shape index (κ3) is 3.12. The molecule has 140 valence electrons. The van der Waals surface area contributed by atoms with Crippen molar-refractivity contribution in [3.05, 3.63) is 35.9 Å². The summed E-state index contributed by atoms with van der Waals surface area (Å²) in [6.07, 6.45) is 4.38. The van der Waals surface area contributed by atoms with Crippen molar-refractivity contribution in [2.24, 2.45) is 0 Å². The summed E-state index contributed by atoms with van der Waals surface area (Å²) in [5.41, 5.74) is 1.54. The van der Waals surface area contributed by atoms with E-state index in [4.69, 9.17) is 9.72 Å².